The molecule has 150 valence electrons. The third-order valence-electron chi connectivity index (χ3n) is 5.74. The summed E-state index contributed by atoms with van der Waals surface area (Å²) in [5, 5.41) is 5.98. The van der Waals surface area contributed by atoms with Crippen molar-refractivity contribution in [3.05, 3.63) is 65.0 Å². The molecule has 0 spiro atoms. The quantitative estimate of drug-likeness (QED) is 0.770. The van der Waals surface area contributed by atoms with Crippen molar-refractivity contribution in [3.63, 3.8) is 0 Å². The van der Waals surface area contributed by atoms with Gasteiger partial charge in [-0.25, -0.2) is 9.18 Å². The molecule has 2 amide bonds. The molecule has 0 unspecified atom stereocenters. The van der Waals surface area contributed by atoms with Crippen LogP contribution in [-0.4, -0.2) is 37.1 Å². The van der Waals surface area contributed by atoms with E-state index in [0.717, 1.165) is 50.1 Å². The van der Waals surface area contributed by atoms with Crippen LogP contribution in [0.1, 0.15) is 29.5 Å². The Hall–Kier alpha value is -2.40. The lowest BCUT2D eigenvalue weighted by Crippen LogP contribution is -2.40. The lowest BCUT2D eigenvalue weighted by Gasteiger charge is -2.32. The molecule has 0 aromatic heterocycles. The summed E-state index contributed by atoms with van der Waals surface area (Å²) < 4.78 is 13.0. The Kier molecular flexibility index (Phi) is 7.04. The van der Waals surface area contributed by atoms with E-state index in [1.165, 1.54) is 23.3 Å². The van der Waals surface area contributed by atoms with Gasteiger partial charge in [-0.1, -0.05) is 24.3 Å². The standard InChI is InChI=1S/C23H30FN3O/c1-17-4-3-5-22(18(17)2)26-23(28)25-16-20-11-14-27(15-12-20)13-10-19-6-8-21(24)9-7-19/h3-9,20H,10-16H2,1-2H3,(H2,25,26,28). The topological polar surface area (TPSA) is 44.4 Å². The van der Waals surface area contributed by atoms with Crippen molar-refractivity contribution in [1.82, 2.24) is 10.2 Å². The number of halogens is 1. The Balaban J connectivity index is 1.35. The molecule has 0 atom stereocenters. The highest BCUT2D eigenvalue weighted by molar-refractivity contribution is 5.90. The predicted octanol–water partition coefficient (Wildman–Crippen LogP) is 4.52. The summed E-state index contributed by atoms with van der Waals surface area (Å²) in [7, 11) is 0. The molecule has 1 aliphatic heterocycles. The normalized spacial score (nSPS) is 15.4. The van der Waals surface area contributed by atoms with Crippen molar-refractivity contribution in [2.24, 2.45) is 5.92 Å². The van der Waals surface area contributed by atoms with E-state index in [-0.39, 0.29) is 11.8 Å². The van der Waals surface area contributed by atoms with Gasteiger partial charge in [0.1, 0.15) is 5.82 Å². The first-order valence-corrected chi connectivity index (χ1v) is 10.1. The van der Waals surface area contributed by atoms with E-state index in [4.69, 9.17) is 0 Å². The van der Waals surface area contributed by atoms with Gasteiger partial charge in [-0.05, 0) is 87.0 Å². The number of aryl methyl sites for hydroxylation is 1. The number of rotatable bonds is 6. The Morgan fingerprint density at radius 1 is 1.11 bits per heavy atom. The van der Waals surface area contributed by atoms with E-state index in [2.05, 4.69) is 15.5 Å². The molecule has 5 heteroatoms. The fourth-order valence-electron chi connectivity index (χ4n) is 3.64. The van der Waals surface area contributed by atoms with Gasteiger partial charge in [0.2, 0.25) is 0 Å². The molecule has 0 saturated carbocycles. The first kappa shape index (κ1) is 20.3. The fraction of sp³-hybridized carbons (Fsp3) is 0.435. The number of hydrogen-bond acceptors (Lipinski definition) is 2. The van der Waals surface area contributed by atoms with Crippen LogP contribution in [0, 0.1) is 25.6 Å². The van der Waals surface area contributed by atoms with E-state index >= 15 is 0 Å². The van der Waals surface area contributed by atoms with Crippen LogP contribution in [0.2, 0.25) is 0 Å². The number of benzene rings is 2. The van der Waals surface area contributed by atoms with Crippen molar-refractivity contribution in [1.29, 1.82) is 0 Å². The summed E-state index contributed by atoms with van der Waals surface area (Å²) in [5.41, 5.74) is 4.32. The number of likely N-dealkylation sites (tertiary alicyclic amines) is 1. The minimum Gasteiger partial charge on any atom is -0.338 e. The van der Waals surface area contributed by atoms with Crippen molar-refractivity contribution in [2.45, 2.75) is 33.1 Å². The molecule has 2 aromatic rings. The second kappa shape index (κ2) is 9.69. The molecule has 4 nitrogen and oxygen atoms in total. The molecule has 1 heterocycles. The number of nitrogens with one attached hydrogen (secondary N) is 2. The molecule has 2 aromatic carbocycles. The zero-order chi connectivity index (χ0) is 19.9. The van der Waals surface area contributed by atoms with Gasteiger partial charge in [0.15, 0.2) is 0 Å². The van der Waals surface area contributed by atoms with Crippen molar-refractivity contribution in [3.8, 4) is 0 Å². The zero-order valence-electron chi connectivity index (χ0n) is 16.8. The molecule has 1 fully saturated rings. The number of carbonyl (C=O) groups excluding carboxylic acids is 1. The first-order chi connectivity index (χ1) is 13.5. The van der Waals surface area contributed by atoms with Crippen LogP contribution in [0.25, 0.3) is 0 Å². The van der Waals surface area contributed by atoms with Gasteiger partial charge >= 0.3 is 6.03 Å². The van der Waals surface area contributed by atoms with Crippen molar-refractivity contribution < 1.29 is 9.18 Å². The van der Waals surface area contributed by atoms with Crippen LogP contribution in [0.4, 0.5) is 14.9 Å². The average molecular weight is 384 g/mol. The van der Waals surface area contributed by atoms with Crippen LogP contribution in [0.15, 0.2) is 42.5 Å². The second-order valence-electron chi connectivity index (χ2n) is 7.74. The Morgan fingerprint density at radius 2 is 1.82 bits per heavy atom. The lowest BCUT2D eigenvalue weighted by molar-refractivity contribution is 0.184. The largest absolute Gasteiger partial charge is 0.338 e. The van der Waals surface area contributed by atoms with E-state index < -0.39 is 0 Å². The highest BCUT2D eigenvalue weighted by Crippen LogP contribution is 2.19. The number of amides is 2. The third-order valence-corrected chi connectivity index (χ3v) is 5.74. The molecule has 28 heavy (non-hydrogen) atoms. The van der Waals surface area contributed by atoms with E-state index in [1.807, 2.05) is 44.2 Å². The summed E-state index contributed by atoms with van der Waals surface area (Å²) in [6.07, 6.45) is 3.13. The van der Waals surface area contributed by atoms with Crippen molar-refractivity contribution >= 4 is 11.7 Å². The van der Waals surface area contributed by atoms with Crippen LogP contribution in [-0.2, 0) is 6.42 Å². The number of carbonyl (C=O) groups is 1. The smallest absolute Gasteiger partial charge is 0.319 e. The van der Waals surface area contributed by atoms with Gasteiger partial charge in [-0.2, -0.15) is 0 Å². The molecule has 3 rings (SSSR count). The van der Waals surface area contributed by atoms with Gasteiger partial charge in [0.25, 0.3) is 0 Å². The maximum Gasteiger partial charge on any atom is 0.319 e. The number of piperidine rings is 1. The van der Waals surface area contributed by atoms with E-state index in [9.17, 15) is 9.18 Å². The number of hydrogen-bond donors (Lipinski definition) is 2. The van der Waals surface area contributed by atoms with E-state index in [0.29, 0.717) is 12.5 Å². The second-order valence-corrected chi connectivity index (χ2v) is 7.74. The summed E-state index contributed by atoms with van der Waals surface area (Å²) in [4.78, 5) is 14.7. The van der Waals surface area contributed by atoms with Crippen LogP contribution in [0.3, 0.4) is 0 Å². The Labute approximate surface area is 167 Å². The third kappa shape index (κ3) is 5.80. The molecule has 0 radical (unpaired) electrons. The summed E-state index contributed by atoms with van der Waals surface area (Å²) in [5.74, 6) is 0.338. The summed E-state index contributed by atoms with van der Waals surface area (Å²) in [6.45, 7) is 7.87. The maximum absolute atomic E-state index is 13.0. The van der Waals surface area contributed by atoms with Crippen LogP contribution < -0.4 is 10.6 Å². The fourth-order valence-corrected chi connectivity index (χ4v) is 3.64. The predicted molar refractivity (Wildman–Crippen MR) is 112 cm³/mol. The Bertz CT molecular complexity index is 783. The molecule has 1 aliphatic rings. The van der Waals surface area contributed by atoms with Gasteiger partial charge in [0, 0.05) is 18.8 Å². The van der Waals surface area contributed by atoms with Gasteiger partial charge in [-0.15, -0.1) is 0 Å². The molecule has 1 saturated heterocycles. The van der Waals surface area contributed by atoms with Crippen LogP contribution in [0.5, 0.6) is 0 Å². The lowest BCUT2D eigenvalue weighted by atomic mass is 9.96. The monoisotopic (exact) mass is 383 g/mol. The highest BCUT2D eigenvalue weighted by atomic mass is 19.1. The molecule has 2 N–H and O–H groups in total. The SMILES string of the molecule is Cc1cccc(NC(=O)NCC2CCN(CCc3ccc(F)cc3)CC2)c1C. The molecule has 0 aliphatic carbocycles. The number of anilines is 1. The number of urea groups is 1. The molecule has 0 bridgehead atoms. The first-order valence-electron chi connectivity index (χ1n) is 10.1. The van der Waals surface area contributed by atoms with Crippen molar-refractivity contribution in [2.75, 3.05) is 31.5 Å². The zero-order valence-corrected chi connectivity index (χ0v) is 16.8. The minimum atomic E-state index is -0.182. The van der Waals surface area contributed by atoms with Crippen LogP contribution >= 0.6 is 0 Å². The Morgan fingerprint density at radius 3 is 2.54 bits per heavy atom. The average Bonchev–Trinajstić information content (AvgIpc) is 2.70. The minimum absolute atomic E-state index is 0.132. The maximum atomic E-state index is 13.0. The number of nitrogens with zero attached hydrogens (tertiary/aromatic N) is 1. The van der Waals surface area contributed by atoms with Gasteiger partial charge in [0.05, 0.1) is 0 Å². The van der Waals surface area contributed by atoms with Gasteiger partial charge in [-0.3, -0.25) is 0 Å². The molecular weight excluding hydrogens is 353 g/mol. The summed E-state index contributed by atoms with van der Waals surface area (Å²) in [6, 6.07) is 12.6. The highest BCUT2D eigenvalue weighted by Gasteiger charge is 2.19. The molecular formula is C23H30FN3O. The van der Waals surface area contributed by atoms with E-state index in [1.54, 1.807) is 0 Å². The van der Waals surface area contributed by atoms with Gasteiger partial charge < -0.3 is 15.5 Å². The summed E-state index contributed by atoms with van der Waals surface area (Å²) >= 11 is 0.